The maximum atomic E-state index is 11.5. The highest BCUT2D eigenvalue weighted by Crippen LogP contribution is 2.29. The van der Waals surface area contributed by atoms with Gasteiger partial charge in [0.1, 0.15) is 9.88 Å². The molecule has 5 heteroatoms. The summed E-state index contributed by atoms with van der Waals surface area (Å²) in [6, 6.07) is 9.55. The summed E-state index contributed by atoms with van der Waals surface area (Å²) in [7, 11) is 0. The van der Waals surface area contributed by atoms with Crippen molar-refractivity contribution in [1.29, 1.82) is 0 Å². The molecule has 21 heavy (non-hydrogen) atoms. The predicted molar refractivity (Wildman–Crippen MR) is 83.6 cm³/mol. The summed E-state index contributed by atoms with van der Waals surface area (Å²) in [5, 5.41) is 10.3. The first-order valence-electron chi connectivity index (χ1n) is 7.25. The smallest absolute Gasteiger partial charge is 0.348 e. The van der Waals surface area contributed by atoms with E-state index >= 15 is 0 Å². The number of aromatic carboxylic acids is 1. The fourth-order valence-corrected chi connectivity index (χ4v) is 3.64. The molecule has 3 rings (SSSR count). The van der Waals surface area contributed by atoms with Crippen LogP contribution in [0.1, 0.15) is 33.9 Å². The van der Waals surface area contributed by atoms with Crippen LogP contribution in [0.25, 0.3) is 11.3 Å². The summed E-state index contributed by atoms with van der Waals surface area (Å²) in [5.41, 5.74) is 1.47. The number of aromatic nitrogens is 1. The molecule has 0 radical (unpaired) electrons. The maximum absolute atomic E-state index is 11.5. The number of carboxylic acids is 1. The third-order valence-electron chi connectivity index (χ3n) is 3.72. The van der Waals surface area contributed by atoms with Crippen molar-refractivity contribution in [1.82, 2.24) is 9.88 Å². The van der Waals surface area contributed by atoms with Gasteiger partial charge in [-0.25, -0.2) is 9.78 Å². The Morgan fingerprint density at radius 3 is 2.57 bits per heavy atom. The Balaban J connectivity index is 1.87. The number of hydrogen-bond donors (Lipinski definition) is 1. The molecule has 1 fully saturated rings. The van der Waals surface area contributed by atoms with Crippen LogP contribution in [-0.2, 0) is 6.54 Å². The Morgan fingerprint density at radius 1 is 1.19 bits per heavy atom. The van der Waals surface area contributed by atoms with E-state index < -0.39 is 5.97 Å². The van der Waals surface area contributed by atoms with Crippen LogP contribution in [0.15, 0.2) is 30.3 Å². The van der Waals surface area contributed by atoms with E-state index in [2.05, 4.69) is 9.88 Å². The summed E-state index contributed by atoms with van der Waals surface area (Å²) in [6.07, 6.45) is 3.75. The van der Waals surface area contributed by atoms with Crippen LogP contribution in [0, 0.1) is 0 Å². The minimum atomic E-state index is -0.892. The van der Waals surface area contributed by atoms with Gasteiger partial charge < -0.3 is 5.11 Å². The van der Waals surface area contributed by atoms with Gasteiger partial charge in [0, 0.05) is 5.56 Å². The van der Waals surface area contributed by atoms with Gasteiger partial charge in [0.2, 0.25) is 0 Å². The first kappa shape index (κ1) is 14.2. The van der Waals surface area contributed by atoms with E-state index in [4.69, 9.17) is 0 Å². The largest absolute Gasteiger partial charge is 0.477 e. The molecule has 1 N–H and O–H groups in total. The molecule has 2 heterocycles. The fraction of sp³-hybridized carbons (Fsp3) is 0.375. The Kier molecular flexibility index (Phi) is 4.31. The van der Waals surface area contributed by atoms with E-state index in [-0.39, 0.29) is 0 Å². The van der Waals surface area contributed by atoms with Gasteiger partial charge in [0.25, 0.3) is 0 Å². The molecular formula is C16H18N2O2S. The minimum Gasteiger partial charge on any atom is -0.477 e. The summed E-state index contributed by atoms with van der Waals surface area (Å²) in [5.74, 6) is -0.892. The summed E-state index contributed by atoms with van der Waals surface area (Å²) in [4.78, 5) is 18.8. The second kappa shape index (κ2) is 6.37. The normalized spacial score (nSPS) is 16.0. The topological polar surface area (TPSA) is 53.4 Å². The Bertz CT molecular complexity index is 618. The van der Waals surface area contributed by atoms with Crippen LogP contribution in [-0.4, -0.2) is 34.0 Å². The first-order chi connectivity index (χ1) is 10.2. The Labute approximate surface area is 128 Å². The van der Waals surface area contributed by atoms with E-state index in [0.29, 0.717) is 10.6 Å². The van der Waals surface area contributed by atoms with E-state index in [9.17, 15) is 9.90 Å². The van der Waals surface area contributed by atoms with Gasteiger partial charge in [0.15, 0.2) is 0 Å². The van der Waals surface area contributed by atoms with Crippen molar-refractivity contribution < 1.29 is 9.90 Å². The number of rotatable bonds is 4. The lowest BCUT2D eigenvalue weighted by atomic mass is 10.1. The summed E-state index contributed by atoms with van der Waals surface area (Å²) >= 11 is 1.30. The zero-order valence-electron chi connectivity index (χ0n) is 11.8. The fourth-order valence-electron chi connectivity index (χ4n) is 2.68. The third kappa shape index (κ3) is 3.31. The maximum Gasteiger partial charge on any atom is 0.348 e. The van der Waals surface area contributed by atoms with Crippen LogP contribution in [0.3, 0.4) is 0 Å². The highest BCUT2D eigenvalue weighted by atomic mass is 32.1. The number of nitrogens with zero attached hydrogens (tertiary/aromatic N) is 2. The van der Waals surface area contributed by atoms with Crippen LogP contribution < -0.4 is 0 Å². The number of thiazole rings is 1. The van der Waals surface area contributed by atoms with Gasteiger partial charge in [-0.05, 0) is 25.9 Å². The van der Waals surface area contributed by atoms with Crippen molar-refractivity contribution in [3.8, 4) is 11.3 Å². The molecule has 1 aliphatic rings. The SMILES string of the molecule is O=C(O)c1sc(CN2CCCCC2)nc1-c1ccccc1. The standard InChI is InChI=1S/C16H18N2O2S/c19-16(20)15-14(12-7-3-1-4-8-12)17-13(21-15)11-18-9-5-2-6-10-18/h1,3-4,7-8H,2,5-6,9-11H2,(H,19,20). The number of piperidine rings is 1. The van der Waals surface area contributed by atoms with Crippen molar-refractivity contribution in [2.75, 3.05) is 13.1 Å². The van der Waals surface area contributed by atoms with E-state index in [1.807, 2.05) is 30.3 Å². The summed E-state index contributed by atoms with van der Waals surface area (Å²) in [6.45, 7) is 2.93. The molecule has 0 unspecified atom stereocenters. The van der Waals surface area contributed by atoms with Crippen LogP contribution in [0.4, 0.5) is 0 Å². The van der Waals surface area contributed by atoms with Crippen LogP contribution >= 0.6 is 11.3 Å². The molecule has 1 aliphatic heterocycles. The molecule has 0 aliphatic carbocycles. The van der Waals surface area contributed by atoms with Crippen molar-refractivity contribution >= 4 is 17.3 Å². The first-order valence-corrected chi connectivity index (χ1v) is 8.06. The molecule has 4 nitrogen and oxygen atoms in total. The predicted octanol–water partition coefficient (Wildman–Crippen LogP) is 3.49. The average molecular weight is 302 g/mol. The van der Waals surface area contributed by atoms with Gasteiger partial charge in [0.05, 0.1) is 12.2 Å². The molecule has 2 aromatic rings. The monoisotopic (exact) mass is 302 g/mol. The number of carboxylic acid groups (broad SMARTS) is 1. The second-order valence-electron chi connectivity index (χ2n) is 5.29. The molecule has 0 amide bonds. The van der Waals surface area contributed by atoms with Gasteiger partial charge in [-0.15, -0.1) is 11.3 Å². The molecule has 0 atom stereocenters. The van der Waals surface area contributed by atoms with Gasteiger partial charge in [-0.2, -0.15) is 0 Å². The molecule has 1 saturated heterocycles. The van der Waals surface area contributed by atoms with Crippen molar-refractivity contribution in [3.05, 3.63) is 40.2 Å². The molecule has 1 aromatic carbocycles. The number of benzene rings is 1. The van der Waals surface area contributed by atoms with E-state index in [0.717, 1.165) is 30.2 Å². The second-order valence-corrected chi connectivity index (χ2v) is 6.38. The lowest BCUT2D eigenvalue weighted by Gasteiger charge is -2.25. The van der Waals surface area contributed by atoms with Crippen molar-refractivity contribution in [3.63, 3.8) is 0 Å². The molecule has 0 saturated carbocycles. The highest BCUT2D eigenvalue weighted by molar-refractivity contribution is 7.14. The van der Waals surface area contributed by atoms with Gasteiger partial charge in [-0.3, -0.25) is 4.90 Å². The Hall–Kier alpha value is -1.72. The molecule has 110 valence electrons. The highest BCUT2D eigenvalue weighted by Gasteiger charge is 2.20. The van der Waals surface area contributed by atoms with Gasteiger partial charge in [-0.1, -0.05) is 36.8 Å². The zero-order valence-corrected chi connectivity index (χ0v) is 12.6. The molecule has 0 bridgehead atoms. The number of hydrogen-bond acceptors (Lipinski definition) is 4. The van der Waals surface area contributed by atoms with Crippen LogP contribution in [0.5, 0.6) is 0 Å². The number of carbonyl (C=O) groups is 1. The molecular weight excluding hydrogens is 284 g/mol. The van der Waals surface area contributed by atoms with Crippen molar-refractivity contribution in [2.24, 2.45) is 0 Å². The Morgan fingerprint density at radius 2 is 1.90 bits per heavy atom. The molecule has 1 aromatic heterocycles. The zero-order chi connectivity index (χ0) is 14.7. The minimum absolute atomic E-state index is 0.341. The molecule has 0 spiro atoms. The lowest BCUT2D eigenvalue weighted by Crippen LogP contribution is -2.28. The third-order valence-corrected chi connectivity index (χ3v) is 4.75. The van der Waals surface area contributed by atoms with Crippen molar-refractivity contribution in [2.45, 2.75) is 25.8 Å². The average Bonchev–Trinajstić information content (AvgIpc) is 2.93. The van der Waals surface area contributed by atoms with Crippen LogP contribution in [0.2, 0.25) is 0 Å². The quantitative estimate of drug-likeness (QED) is 0.939. The summed E-state index contributed by atoms with van der Waals surface area (Å²) < 4.78 is 0. The number of likely N-dealkylation sites (tertiary alicyclic amines) is 1. The van der Waals surface area contributed by atoms with Gasteiger partial charge >= 0.3 is 5.97 Å². The van der Waals surface area contributed by atoms with E-state index in [1.165, 1.54) is 30.6 Å². The van der Waals surface area contributed by atoms with E-state index in [1.54, 1.807) is 0 Å². The lowest BCUT2D eigenvalue weighted by molar-refractivity contribution is 0.0702.